The number of hydrogen-bond donors (Lipinski definition) is 2. The molecule has 133 valence electrons. The van der Waals surface area contributed by atoms with Crippen molar-refractivity contribution in [3.8, 4) is 0 Å². The summed E-state index contributed by atoms with van der Waals surface area (Å²) in [5.74, 6) is -0.139. The van der Waals surface area contributed by atoms with Crippen LogP contribution in [0.25, 0.3) is 4.85 Å². The number of nitrogens with zero attached hydrogens (tertiary/aromatic N) is 2. The second kappa shape index (κ2) is 12.3. The Balaban J connectivity index is 0.00000576. The number of rotatable bonds is 8. The number of carbonyl (C=O) groups is 1. The van der Waals surface area contributed by atoms with Gasteiger partial charge in [-0.05, 0) is 36.6 Å². The second-order valence-electron chi connectivity index (χ2n) is 5.58. The van der Waals surface area contributed by atoms with Crippen LogP contribution in [0.4, 0.5) is 11.4 Å². The van der Waals surface area contributed by atoms with E-state index in [-0.39, 0.29) is 38.6 Å². The molecule has 0 saturated carbocycles. The van der Waals surface area contributed by atoms with E-state index in [1.165, 1.54) is 6.92 Å². The molecule has 1 aromatic carbocycles. The van der Waals surface area contributed by atoms with Crippen LogP contribution in [0.15, 0.2) is 24.3 Å². The Labute approximate surface area is 175 Å². The van der Waals surface area contributed by atoms with Gasteiger partial charge in [-0.3, -0.25) is 4.79 Å². The molecule has 1 amide bonds. The van der Waals surface area contributed by atoms with Gasteiger partial charge in [0, 0.05) is 51.9 Å². The van der Waals surface area contributed by atoms with Gasteiger partial charge in [0.1, 0.15) is 6.10 Å². The molecule has 1 atom stereocenters. The predicted molar refractivity (Wildman–Crippen MR) is 95.9 cm³/mol. The molecule has 0 aliphatic heterocycles. The monoisotopic (exact) mass is 418 g/mol. The van der Waals surface area contributed by atoms with Crippen molar-refractivity contribution in [1.82, 2.24) is 0 Å². The van der Waals surface area contributed by atoms with Gasteiger partial charge < -0.3 is 22.0 Å². The van der Waals surface area contributed by atoms with Gasteiger partial charge in [-0.15, -0.1) is 0 Å². The number of benzene rings is 1. The van der Waals surface area contributed by atoms with Gasteiger partial charge in [0.05, 0.1) is 13.2 Å². The molecule has 25 heavy (non-hydrogen) atoms. The number of anilines is 1. The SMILES string of the molecule is [C-]#[N+]c1cc(C(O)CO)c(C)cc1N(CC/C=C\CC[CH2-])C(C)=O.[Y]. The zero-order chi connectivity index (χ0) is 18.1. The molecular formula is C19H25N2O3Y-. The van der Waals surface area contributed by atoms with Crippen molar-refractivity contribution in [1.29, 1.82) is 0 Å². The summed E-state index contributed by atoms with van der Waals surface area (Å²) in [5, 5.41) is 19.0. The Kier molecular flexibility index (Phi) is 11.8. The maximum Gasteiger partial charge on any atom is 0.222 e. The summed E-state index contributed by atoms with van der Waals surface area (Å²) in [7, 11) is 0. The van der Waals surface area contributed by atoms with E-state index in [0.29, 0.717) is 29.9 Å². The summed E-state index contributed by atoms with van der Waals surface area (Å²) in [5.41, 5.74) is 2.07. The number of aryl methyl sites for hydroxylation is 1. The van der Waals surface area contributed by atoms with E-state index in [1.807, 2.05) is 12.2 Å². The Hall–Kier alpha value is -1.06. The van der Waals surface area contributed by atoms with E-state index >= 15 is 0 Å². The zero-order valence-electron chi connectivity index (χ0n) is 14.9. The smallest absolute Gasteiger partial charge is 0.222 e. The Morgan fingerprint density at radius 3 is 2.56 bits per heavy atom. The molecule has 0 fully saturated rings. The van der Waals surface area contributed by atoms with E-state index in [2.05, 4.69) is 11.8 Å². The van der Waals surface area contributed by atoms with Crippen LogP contribution in [0, 0.1) is 20.4 Å². The van der Waals surface area contributed by atoms with Crippen LogP contribution in [-0.2, 0) is 37.5 Å². The van der Waals surface area contributed by atoms with Gasteiger partial charge in [0.25, 0.3) is 0 Å². The van der Waals surface area contributed by atoms with E-state index in [1.54, 1.807) is 24.0 Å². The quantitative estimate of drug-likeness (QED) is 0.502. The minimum atomic E-state index is -1.03. The number of carbonyl (C=O) groups excluding carboxylic acids is 1. The summed E-state index contributed by atoms with van der Waals surface area (Å²) < 4.78 is 0. The molecule has 1 aromatic rings. The molecular weight excluding hydrogens is 393 g/mol. The Morgan fingerprint density at radius 1 is 1.40 bits per heavy atom. The molecule has 6 heteroatoms. The fourth-order valence-corrected chi connectivity index (χ4v) is 2.47. The normalized spacial score (nSPS) is 11.7. The topological polar surface area (TPSA) is 65.1 Å². The average Bonchev–Trinajstić information content (AvgIpc) is 2.57. The third-order valence-electron chi connectivity index (χ3n) is 3.74. The standard InChI is InChI=1S/C19H25N2O3.Y/c1-5-6-7-8-9-10-21(15(3)23)18-11-14(2)16(19(24)13-22)12-17(18)20-4;/h7-8,11-12,19,22,24H,1,5-6,9-10,13H2,2-3H3;/q-1;/b8-7-;. The van der Waals surface area contributed by atoms with Gasteiger partial charge in [0.15, 0.2) is 0 Å². The largest absolute Gasteiger partial charge is 0.393 e. The minimum absolute atomic E-state index is 0. The number of aliphatic hydroxyl groups excluding tert-OH is 2. The van der Waals surface area contributed by atoms with Gasteiger partial charge in [-0.1, -0.05) is 18.6 Å². The van der Waals surface area contributed by atoms with Crippen molar-refractivity contribution in [2.45, 2.75) is 39.2 Å². The molecule has 0 aliphatic carbocycles. The summed E-state index contributed by atoms with van der Waals surface area (Å²) in [4.78, 5) is 17.1. The molecule has 0 aliphatic rings. The van der Waals surface area contributed by atoms with Gasteiger partial charge in [-0.25, -0.2) is 4.85 Å². The molecule has 1 rings (SSSR count). The molecule has 1 radical (unpaired) electrons. The summed E-state index contributed by atoms with van der Waals surface area (Å²) in [6, 6.07) is 3.27. The predicted octanol–water partition coefficient (Wildman–Crippen LogP) is 3.48. The fraction of sp³-hybridized carbons (Fsp3) is 0.421. The summed E-state index contributed by atoms with van der Waals surface area (Å²) >= 11 is 0. The third kappa shape index (κ3) is 6.99. The first-order chi connectivity index (χ1) is 11.5. The molecule has 0 bridgehead atoms. The first kappa shape index (κ1) is 23.9. The van der Waals surface area contributed by atoms with E-state index in [9.17, 15) is 9.90 Å². The Bertz CT molecular complexity index is 638. The summed E-state index contributed by atoms with van der Waals surface area (Å²) in [6.45, 7) is 14.5. The van der Waals surface area contributed by atoms with E-state index in [4.69, 9.17) is 11.7 Å². The molecule has 0 saturated heterocycles. The van der Waals surface area contributed by atoms with Crippen LogP contribution in [0.5, 0.6) is 0 Å². The number of allylic oxidation sites excluding steroid dienone is 1. The fourth-order valence-electron chi connectivity index (χ4n) is 2.47. The number of unbranched alkanes of at least 4 members (excludes halogenated alkanes) is 1. The van der Waals surface area contributed by atoms with Crippen LogP contribution in [0.1, 0.15) is 43.4 Å². The third-order valence-corrected chi connectivity index (χ3v) is 3.74. The average molecular weight is 418 g/mol. The van der Waals surface area contributed by atoms with E-state index < -0.39 is 12.7 Å². The maximum atomic E-state index is 12.0. The molecule has 0 aromatic heterocycles. The maximum absolute atomic E-state index is 12.0. The molecule has 0 spiro atoms. The van der Waals surface area contributed by atoms with Gasteiger partial charge in [0.2, 0.25) is 11.6 Å². The first-order valence-corrected chi connectivity index (χ1v) is 7.99. The summed E-state index contributed by atoms with van der Waals surface area (Å²) in [6.07, 6.45) is 5.44. The number of amides is 1. The van der Waals surface area contributed by atoms with Gasteiger partial charge in [-0.2, -0.15) is 6.42 Å². The van der Waals surface area contributed by atoms with Crippen molar-refractivity contribution in [3.63, 3.8) is 0 Å². The second-order valence-corrected chi connectivity index (χ2v) is 5.58. The molecule has 1 unspecified atom stereocenters. The van der Waals surface area contributed by atoms with E-state index in [0.717, 1.165) is 18.4 Å². The van der Waals surface area contributed by atoms with Crippen molar-refractivity contribution < 1.29 is 47.7 Å². The zero-order valence-corrected chi connectivity index (χ0v) is 17.7. The minimum Gasteiger partial charge on any atom is -0.393 e. The number of hydrogen-bond acceptors (Lipinski definition) is 3. The van der Waals surface area contributed by atoms with Crippen LogP contribution < -0.4 is 4.90 Å². The van der Waals surface area contributed by atoms with Crippen molar-refractivity contribution >= 4 is 17.3 Å². The first-order valence-electron chi connectivity index (χ1n) is 7.99. The van der Waals surface area contributed by atoms with Crippen LogP contribution in [0.3, 0.4) is 0 Å². The van der Waals surface area contributed by atoms with Crippen LogP contribution in [0.2, 0.25) is 0 Å². The molecule has 2 N–H and O–H groups in total. The number of aliphatic hydroxyl groups is 2. The van der Waals surface area contributed by atoms with Crippen LogP contribution in [-0.4, -0.2) is 29.3 Å². The van der Waals surface area contributed by atoms with Crippen LogP contribution >= 0.6 is 0 Å². The van der Waals surface area contributed by atoms with Crippen molar-refractivity contribution in [3.05, 3.63) is 53.8 Å². The molecule has 5 nitrogen and oxygen atoms in total. The van der Waals surface area contributed by atoms with Gasteiger partial charge >= 0.3 is 0 Å². The van der Waals surface area contributed by atoms with Crippen molar-refractivity contribution in [2.75, 3.05) is 18.1 Å². The molecule has 0 heterocycles. The Morgan fingerprint density at radius 2 is 2.04 bits per heavy atom. The van der Waals surface area contributed by atoms with Crippen molar-refractivity contribution in [2.24, 2.45) is 0 Å².